The van der Waals surface area contributed by atoms with Crippen molar-refractivity contribution in [2.75, 3.05) is 13.2 Å². The molecule has 8 heteroatoms. The van der Waals surface area contributed by atoms with Crippen LogP contribution in [0.2, 0.25) is 0 Å². The molecule has 1 aliphatic rings. The Kier molecular flexibility index (Phi) is 13.2. The molecule has 1 saturated carbocycles. The minimum absolute atomic E-state index is 0.00252. The second-order valence-corrected chi connectivity index (χ2v) is 12.6. The van der Waals surface area contributed by atoms with Crippen molar-refractivity contribution in [1.29, 1.82) is 0 Å². The third-order valence-corrected chi connectivity index (χ3v) is 9.06. The van der Waals surface area contributed by atoms with E-state index in [2.05, 4.69) is 28.8 Å². The van der Waals surface area contributed by atoms with E-state index < -0.39 is 17.5 Å². The van der Waals surface area contributed by atoms with Gasteiger partial charge >= 0.3 is 5.97 Å². The summed E-state index contributed by atoms with van der Waals surface area (Å²) in [4.78, 5) is 43.6. The molecule has 0 aliphatic heterocycles. The maximum Gasteiger partial charge on any atom is 0.309 e. The van der Waals surface area contributed by atoms with E-state index in [4.69, 9.17) is 4.74 Å². The number of carbonyl (C=O) groups is 3. The van der Waals surface area contributed by atoms with E-state index >= 15 is 0 Å². The number of aliphatic hydroxyl groups is 1. The quantitative estimate of drug-likeness (QED) is 0.0743. The Morgan fingerprint density at radius 2 is 1.72 bits per heavy atom. The van der Waals surface area contributed by atoms with Crippen molar-refractivity contribution in [3.63, 3.8) is 0 Å². The molecule has 1 heterocycles. The molecule has 0 spiro atoms. The maximum atomic E-state index is 13.7. The van der Waals surface area contributed by atoms with Crippen molar-refractivity contribution in [2.24, 2.45) is 11.8 Å². The first-order chi connectivity index (χ1) is 22.4. The molecule has 2 aromatic carbocycles. The van der Waals surface area contributed by atoms with Gasteiger partial charge in [-0.1, -0.05) is 73.5 Å². The normalized spacial score (nSPS) is 15.8. The van der Waals surface area contributed by atoms with Crippen molar-refractivity contribution in [3.05, 3.63) is 97.2 Å². The summed E-state index contributed by atoms with van der Waals surface area (Å²) < 4.78 is 5.95. The van der Waals surface area contributed by atoms with Crippen LogP contribution in [0, 0.1) is 11.8 Å². The maximum absolute atomic E-state index is 13.7. The number of esters is 1. The van der Waals surface area contributed by atoms with E-state index in [1.54, 1.807) is 6.08 Å². The van der Waals surface area contributed by atoms with E-state index in [9.17, 15) is 19.5 Å². The zero-order valence-corrected chi connectivity index (χ0v) is 26.8. The van der Waals surface area contributed by atoms with E-state index in [-0.39, 0.29) is 43.3 Å². The molecule has 0 bridgehead atoms. The van der Waals surface area contributed by atoms with Crippen LogP contribution in [0.15, 0.2) is 86.1 Å². The number of fused-ring (bicyclic) bond motifs is 1. The molecule has 3 unspecified atom stereocenters. The lowest BCUT2D eigenvalue weighted by Gasteiger charge is -2.29. The van der Waals surface area contributed by atoms with Gasteiger partial charge in [0, 0.05) is 23.5 Å². The van der Waals surface area contributed by atoms with Crippen LogP contribution in [0.1, 0.15) is 68.9 Å². The Morgan fingerprint density at radius 1 is 0.978 bits per heavy atom. The van der Waals surface area contributed by atoms with E-state index in [1.807, 2.05) is 66.9 Å². The highest BCUT2D eigenvalue weighted by atomic mass is 16.5. The van der Waals surface area contributed by atoms with E-state index in [0.717, 1.165) is 60.6 Å². The summed E-state index contributed by atoms with van der Waals surface area (Å²) in [6.45, 7) is 7.50. The average Bonchev–Trinajstić information content (AvgIpc) is 3.71. The second kappa shape index (κ2) is 17.5. The first-order valence-corrected chi connectivity index (χ1v) is 16.6. The topological polar surface area (TPSA) is 121 Å². The number of aromatic nitrogens is 1. The van der Waals surface area contributed by atoms with Gasteiger partial charge in [-0.15, -0.1) is 13.2 Å². The number of aromatic amines is 1. The van der Waals surface area contributed by atoms with Gasteiger partial charge in [0.1, 0.15) is 6.61 Å². The van der Waals surface area contributed by atoms with Crippen molar-refractivity contribution in [3.8, 4) is 0 Å². The molecule has 2 amide bonds. The fraction of sp³-hybridized carbons (Fsp3) is 0.447. The smallest absolute Gasteiger partial charge is 0.309 e. The number of hydrogen-bond donors (Lipinski definition) is 4. The van der Waals surface area contributed by atoms with Crippen molar-refractivity contribution in [1.82, 2.24) is 15.6 Å². The van der Waals surface area contributed by atoms with Crippen LogP contribution in [0.4, 0.5) is 0 Å². The monoisotopic (exact) mass is 627 g/mol. The summed E-state index contributed by atoms with van der Waals surface area (Å²) >= 11 is 0. The number of para-hydroxylation sites is 1. The number of allylic oxidation sites excluding steroid dienone is 2. The number of rotatable bonds is 19. The van der Waals surface area contributed by atoms with Gasteiger partial charge in [-0.25, -0.2) is 0 Å². The highest BCUT2D eigenvalue weighted by Gasteiger charge is 2.35. The van der Waals surface area contributed by atoms with Gasteiger partial charge in [0.15, 0.2) is 0 Å². The predicted octanol–water partition coefficient (Wildman–Crippen LogP) is 5.96. The van der Waals surface area contributed by atoms with Gasteiger partial charge in [-0.05, 0) is 68.6 Å². The second-order valence-electron chi connectivity index (χ2n) is 12.6. The molecule has 8 nitrogen and oxygen atoms in total. The van der Waals surface area contributed by atoms with Gasteiger partial charge in [0.2, 0.25) is 11.8 Å². The lowest BCUT2D eigenvalue weighted by molar-refractivity contribution is -0.150. The number of carbonyl (C=O) groups excluding carboxylic acids is 3. The Bertz CT molecular complexity index is 1440. The van der Waals surface area contributed by atoms with Crippen LogP contribution in [-0.2, 0) is 32.0 Å². The van der Waals surface area contributed by atoms with E-state index in [1.165, 1.54) is 0 Å². The van der Waals surface area contributed by atoms with Gasteiger partial charge < -0.3 is 25.5 Å². The molecule has 0 radical (unpaired) electrons. The van der Waals surface area contributed by atoms with Crippen LogP contribution >= 0.6 is 0 Å². The SMILES string of the molecule is C=CCCCC(Cc1ccccc1)C(=O)OCC(Cc1c[nH]c2ccccc12)NC(=O)C(CC=C)CC(=O)NC1(CO)CCCC1. The first-order valence-electron chi connectivity index (χ1n) is 16.6. The summed E-state index contributed by atoms with van der Waals surface area (Å²) in [6.07, 6.45) is 12.4. The van der Waals surface area contributed by atoms with Crippen molar-refractivity contribution >= 4 is 28.7 Å². The molecular weight excluding hydrogens is 578 g/mol. The number of nitrogens with one attached hydrogen (secondary N) is 3. The first kappa shape index (κ1) is 34.7. The van der Waals surface area contributed by atoms with Gasteiger partial charge in [-0.3, -0.25) is 14.4 Å². The molecule has 46 heavy (non-hydrogen) atoms. The number of benzene rings is 2. The Balaban J connectivity index is 1.47. The number of hydrogen-bond acceptors (Lipinski definition) is 5. The average molecular weight is 628 g/mol. The fourth-order valence-electron chi connectivity index (χ4n) is 6.48. The third-order valence-electron chi connectivity index (χ3n) is 9.06. The lowest BCUT2D eigenvalue weighted by atomic mass is 9.94. The van der Waals surface area contributed by atoms with Crippen LogP contribution in [0.25, 0.3) is 10.9 Å². The number of aliphatic hydroxyl groups excluding tert-OH is 1. The number of H-pyrrole nitrogens is 1. The number of unbranched alkanes of at least 4 members (excludes halogenated alkanes) is 1. The molecule has 4 rings (SSSR count). The van der Waals surface area contributed by atoms with Gasteiger partial charge in [0.25, 0.3) is 0 Å². The van der Waals surface area contributed by atoms with Gasteiger partial charge in [0.05, 0.1) is 30.0 Å². The van der Waals surface area contributed by atoms with Crippen LogP contribution in [0.3, 0.4) is 0 Å². The predicted molar refractivity (Wildman–Crippen MR) is 182 cm³/mol. The number of ether oxygens (including phenoxy) is 1. The Labute approximate surface area is 272 Å². The molecule has 3 atom stereocenters. The highest BCUT2D eigenvalue weighted by molar-refractivity contribution is 5.87. The minimum Gasteiger partial charge on any atom is -0.463 e. The van der Waals surface area contributed by atoms with E-state index in [0.29, 0.717) is 25.7 Å². The summed E-state index contributed by atoms with van der Waals surface area (Å²) in [5, 5.41) is 17.1. The molecule has 3 aromatic rings. The van der Waals surface area contributed by atoms with Crippen LogP contribution in [-0.4, -0.2) is 52.7 Å². The lowest BCUT2D eigenvalue weighted by Crippen LogP contribution is -2.50. The van der Waals surface area contributed by atoms with Crippen molar-refractivity contribution < 1.29 is 24.2 Å². The molecule has 246 valence electrons. The largest absolute Gasteiger partial charge is 0.463 e. The van der Waals surface area contributed by atoms with Crippen molar-refractivity contribution in [2.45, 2.75) is 82.2 Å². The summed E-state index contributed by atoms with van der Waals surface area (Å²) in [6, 6.07) is 17.3. The summed E-state index contributed by atoms with van der Waals surface area (Å²) in [7, 11) is 0. The number of amides is 2. The van der Waals surface area contributed by atoms with Crippen LogP contribution < -0.4 is 10.6 Å². The highest BCUT2D eigenvalue weighted by Crippen LogP contribution is 2.29. The summed E-state index contributed by atoms with van der Waals surface area (Å²) in [5.74, 6) is -1.83. The molecule has 4 N–H and O–H groups in total. The minimum atomic E-state index is -0.652. The zero-order valence-electron chi connectivity index (χ0n) is 26.8. The van der Waals surface area contributed by atoms with Gasteiger partial charge in [-0.2, -0.15) is 0 Å². The molecule has 1 aliphatic carbocycles. The zero-order chi connectivity index (χ0) is 32.8. The molecule has 0 saturated heterocycles. The standard InChI is InChI=1S/C38H49N3O5/c1-3-5-7-17-30(22-28-15-8-6-9-16-28)37(45)46-26-32(23-31-25-39-34-19-11-10-18-33(31)34)40-36(44)29(14-4-2)24-35(43)41-38(27-42)20-12-13-21-38/h3-4,6,8-11,15-16,18-19,25,29-30,32,39,42H,1-2,5,7,12-14,17,20-24,26-27H2,(H,40,44)(H,41,43). The fourth-order valence-corrected chi connectivity index (χ4v) is 6.48. The molecule has 1 aromatic heterocycles. The molecular formula is C38H49N3O5. The summed E-state index contributed by atoms with van der Waals surface area (Å²) in [5.41, 5.74) is 2.43. The Morgan fingerprint density at radius 3 is 2.43 bits per heavy atom. The molecule has 1 fully saturated rings. The Hall–Kier alpha value is -4.17. The third kappa shape index (κ3) is 9.91. The van der Waals surface area contributed by atoms with Crippen LogP contribution in [0.5, 0.6) is 0 Å².